The largest absolute Gasteiger partial charge is 0.480 e. The van der Waals surface area contributed by atoms with Crippen molar-refractivity contribution in [1.29, 1.82) is 0 Å². The first kappa shape index (κ1) is 23.1. The number of aliphatic carboxylic acids is 1. The molecule has 0 saturated heterocycles. The number of carbonyl (C=O) groups excluding carboxylic acids is 1. The molecule has 0 unspecified atom stereocenters. The van der Waals surface area contributed by atoms with Gasteiger partial charge in [-0.1, -0.05) is 34.6 Å². The van der Waals surface area contributed by atoms with E-state index in [9.17, 15) is 14.7 Å². The lowest BCUT2D eigenvalue weighted by Crippen LogP contribution is -2.49. The minimum atomic E-state index is -2.03. The van der Waals surface area contributed by atoms with Crippen LogP contribution in [0, 0.1) is 5.92 Å². The van der Waals surface area contributed by atoms with Gasteiger partial charge in [0, 0.05) is 0 Å². The van der Waals surface area contributed by atoms with Crippen molar-refractivity contribution in [2.45, 2.75) is 90.8 Å². The number of carboxylic acid groups (broad SMARTS) is 1. The van der Waals surface area contributed by atoms with E-state index in [1.54, 1.807) is 0 Å². The average Bonchev–Trinajstić information content (AvgIpc) is 2.32. The van der Waals surface area contributed by atoms with Crippen LogP contribution >= 0.6 is 0 Å². The zero-order chi connectivity index (χ0) is 19.3. The van der Waals surface area contributed by atoms with E-state index in [1.807, 2.05) is 0 Å². The molecule has 142 valence electrons. The molecule has 0 bridgehead atoms. The predicted molar refractivity (Wildman–Crippen MR) is 97.4 cm³/mol. The second kappa shape index (κ2) is 8.96. The number of carboxylic acids is 1. The highest BCUT2D eigenvalue weighted by atomic mass is 28.4. The van der Waals surface area contributed by atoms with Gasteiger partial charge in [-0.25, -0.2) is 4.79 Å². The number of hydrogen-bond donors (Lipinski definition) is 3. The molecule has 24 heavy (non-hydrogen) atoms. The molecule has 6 nitrogen and oxygen atoms in total. The number of carbonyl (C=O) groups is 2. The van der Waals surface area contributed by atoms with Gasteiger partial charge in [0.2, 0.25) is 5.91 Å². The van der Waals surface area contributed by atoms with E-state index in [4.69, 9.17) is 9.53 Å². The van der Waals surface area contributed by atoms with Crippen molar-refractivity contribution in [3.05, 3.63) is 0 Å². The van der Waals surface area contributed by atoms with Gasteiger partial charge in [0.15, 0.2) is 14.4 Å². The second-order valence-electron chi connectivity index (χ2n) is 8.46. The first-order valence-corrected chi connectivity index (χ1v) is 11.5. The lowest BCUT2D eigenvalue weighted by Gasteiger charge is -2.39. The molecule has 0 heterocycles. The highest BCUT2D eigenvalue weighted by Gasteiger charge is 2.39. The van der Waals surface area contributed by atoms with Crippen LogP contribution in [-0.4, -0.2) is 48.7 Å². The van der Waals surface area contributed by atoms with Gasteiger partial charge < -0.3 is 20.0 Å². The van der Waals surface area contributed by atoms with Gasteiger partial charge in [-0.3, -0.25) is 4.79 Å². The zero-order valence-electron chi connectivity index (χ0n) is 16.3. The standard InChI is InChI=1S/C17H35NO5Si/c1-11(2)9-13(23-24(7,8)17(4,5)6)10-14(20)18-15(12(3)19)16(21)22/h11-13,15,19H,9-10H2,1-8H3,(H,18,20)(H,21,22)/t12-,13-,15+/m1/s1. The van der Waals surface area contributed by atoms with Crippen molar-refractivity contribution in [1.82, 2.24) is 5.32 Å². The Morgan fingerprint density at radius 3 is 2.00 bits per heavy atom. The Bertz CT molecular complexity index is 429. The van der Waals surface area contributed by atoms with Crippen molar-refractivity contribution in [2.24, 2.45) is 5.92 Å². The maximum atomic E-state index is 12.2. The third-order valence-corrected chi connectivity index (χ3v) is 9.01. The molecule has 0 radical (unpaired) electrons. The highest BCUT2D eigenvalue weighted by molar-refractivity contribution is 6.74. The first-order chi connectivity index (χ1) is 10.7. The molecule has 0 aromatic heterocycles. The number of nitrogens with one attached hydrogen (secondary N) is 1. The van der Waals surface area contributed by atoms with Crippen LogP contribution in [0.1, 0.15) is 54.4 Å². The van der Waals surface area contributed by atoms with Gasteiger partial charge in [0.05, 0.1) is 18.6 Å². The zero-order valence-corrected chi connectivity index (χ0v) is 17.3. The van der Waals surface area contributed by atoms with Crippen molar-refractivity contribution >= 4 is 20.2 Å². The molecule has 7 heteroatoms. The van der Waals surface area contributed by atoms with Gasteiger partial charge >= 0.3 is 5.97 Å². The highest BCUT2D eigenvalue weighted by Crippen LogP contribution is 2.38. The Morgan fingerprint density at radius 1 is 1.17 bits per heavy atom. The molecule has 3 atom stereocenters. The summed E-state index contributed by atoms with van der Waals surface area (Å²) in [6.45, 7) is 16.2. The lowest BCUT2D eigenvalue weighted by molar-refractivity contribution is -0.145. The molecule has 0 aliphatic carbocycles. The maximum Gasteiger partial charge on any atom is 0.328 e. The third-order valence-electron chi connectivity index (χ3n) is 4.48. The summed E-state index contributed by atoms with van der Waals surface area (Å²) < 4.78 is 6.35. The molecule has 0 rings (SSSR count). The molecule has 1 amide bonds. The van der Waals surface area contributed by atoms with Crippen LogP contribution in [0.3, 0.4) is 0 Å². The van der Waals surface area contributed by atoms with Gasteiger partial charge in [0.1, 0.15) is 0 Å². The molecular weight excluding hydrogens is 326 g/mol. The van der Waals surface area contributed by atoms with Crippen molar-refractivity contribution in [2.75, 3.05) is 0 Å². The van der Waals surface area contributed by atoms with Crippen LogP contribution in [0.25, 0.3) is 0 Å². The van der Waals surface area contributed by atoms with Crippen LogP contribution in [0.15, 0.2) is 0 Å². The summed E-state index contributed by atoms with van der Waals surface area (Å²) in [6, 6.07) is -1.30. The molecule has 0 saturated carbocycles. The van der Waals surface area contributed by atoms with Crippen molar-refractivity contribution in [3.8, 4) is 0 Å². The molecule has 0 aliphatic heterocycles. The minimum Gasteiger partial charge on any atom is -0.480 e. The molecule has 0 aromatic carbocycles. The number of aliphatic hydroxyl groups is 1. The van der Waals surface area contributed by atoms with Gasteiger partial charge in [-0.15, -0.1) is 0 Å². The molecular formula is C17H35NO5Si. The van der Waals surface area contributed by atoms with Gasteiger partial charge in [-0.05, 0) is 37.4 Å². The Labute approximate surface area is 147 Å². The van der Waals surface area contributed by atoms with E-state index in [-0.39, 0.29) is 17.6 Å². The Morgan fingerprint density at radius 2 is 1.67 bits per heavy atom. The van der Waals surface area contributed by atoms with Crippen LogP contribution < -0.4 is 5.32 Å². The number of rotatable bonds is 9. The van der Waals surface area contributed by atoms with E-state index >= 15 is 0 Å². The molecule has 0 aliphatic rings. The molecule has 0 spiro atoms. The summed E-state index contributed by atoms with van der Waals surface area (Å²) in [4.78, 5) is 23.3. The summed E-state index contributed by atoms with van der Waals surface area (Å²) in [7, 11) is -2.03. The summed E-state index contributed by atoms with van der Waals surface area (Å²) in [6.07, 6.45) is -0.585. The summed E-state index contributed by atoms with van der Waals surface area (Å²) in [5, 5.41) is 21.0. The second-order valence-corrected chi connectivity index (χ2v) is 13.2. The number of aliphatic hydroxyl groups excluding tert-OH is 1. The SMILES string of the molecule is CC(C)C[C@H](CC(=O)N[C@H](C(=O)O)[C@@H](C)O)O[Si](C)(C)C(C)(C)C. The Hall–Kier alpha value is -0.923. The minimum absolute atomic E-state index is 0.0297. The van der Waals surface area contributed by atoms with E-state index < -0.39 is 32.3 Å². The number of hydrogen-bond acceptors (Lipinski definition) is 4. The summed E-state index contributed by atoms with van der Waals surface area (Å²) >= 11 is 0. The van der Waals surface area contributed by atoms with Crippen LogP contribution in [0.5, 0.6) is 0 Å². The fourth-order valence-corrected chi connectivity index (χ4v) is 3.49. The Balaban J connectivity index is 5.03. The molecule has 0 fully saturated rings. The van der Waals surface area contributed by atoms with Crippen LogP contribution in [0.4, 0.5) is 0 Å². The molecule has 3 N–H and O–H groups in total. The lowest BCUT2D eigenvalue weighted by atomic mass is 10.0. The van der Waals surface area contributed by atoms with E-state index in [2.05, 4.69) is 53.0 Å². The topological polar surface area (TPSA) is 95.9 Å². The monoisotopic (exact) mass is 361 g/mol. The van der Waals surface area contributed by atoms with Crippen LogP contribution in [-0.2, 0) is 14.0 Å². The van der Waals surface area contributed by atoms with Gasteiger partial charge in [-0.2, -0.15) is 0 Å². The van der Waals surface area contributed by atoms with Crippen molar-refractivity contribution < 1.29 is 24.2 Å². The van der Waals surface area contributed by atoms with Gasteiger partial charge in [0.25, 0.3) is 0 Å². The normalized spacial score (nSPS) is 16.6. The number of amides is 1. The van der Waals surface area contributed by atoms with Crippen molar-refractivity contribution in [3.63, 3.8) is 0 Å². The van der Waals surface area contributed by atoms with E-state index in [0.29, 0.717) is 5.92 Å². The smallest absolute Gasteiger partial charge is 0.328 e. The first-order valence-electron chi connectivity index (χ1n) is 8.55. The third kappa shape index (κ3) is 7.77. The predicted octanol–water partition coefficient (Wildman–Crippen LogP) is 2.76. The fraction of sp³-hybridized carbons (Fsp3) is 0.882. The fourth-order valence-electron chi connectivity index (χ4n) is 2.12. The quantitative estimate of drug-likeness (QED) is 0.549. The van der Waals surface area contributed by atoms with E-state index in [1.165, 1.54) is 6.92 Å². The van der Waals surface area contributed by atoms with E-state index in [0.717, 1.165) is 6.42 Å². The maximum absolute atomic E-state index is 12.2. The van der Waals surface area contributed by atoms with Crippen LogP contribution in [0.2, 0.25) is 18.1 Å². The summed E-state index contributed by atoms with van der Waals surface area (Å²) in [5.41, 5.74) is 0. The summed E-state index contributed by atoms with van der Waals surface area (Å²) in [5.74, 6) is -1.30. The average molecular weight is 362 g/mol. The molecule has 0 aromatic rings. The Kier molecular flexibility index (Phi) is 8.62.